The number of piperidine rings is 1. The maximum Gasteiger partial charge on any atom is 0.184 e. The van der Waals surface area contributed by atoms with Crippen LogP contribution in [-0.2, 0) is 6.42 Å². The van der Waals surface area contributed by atoms with Crippen LogP contribution in [0.3, 0.4) is 0 Å². The monoisotopic (exact) mass is 285 g/mol. The molecule has 0 amide bonds. The van der Waals surface area contributed by atoms with Crippen LogP contribution in [0.4, 0.5) is 0 Å². The first kappa shape index (κ1) is 12.9. The highest BCUT2D eigenvalue weighted by Gasteiger charge is 2.48. The van der Waals surface area contributed by atoms with Crippen LogP contribution in [0.1, 0.15) is 43.3 Å². The Hall–Kier alpha value is -0.160. The number of halogens is 1. The Morgan fingerprint density at radius 1 is 1.44 bits per heavy atom. The van der Waals surface area contributed by atoms with E-state index in [0.717, 1.165) is 25.2 Å². The molecule has 1 saturated heterocycles. The SMILES string of the molecule is CC(C)N1CCC2(CC1)Cc1nc(Cl)sc1[C@H]2N. The molecule has 0 aromatic carbocycles. The second-order valence-corrected chi connectivity index (χ2v) is 7.54. The first-order valence-corrected chi connectivity index (χ1v) is 7.86. The predicted octanol–water partition coefficient (Wildman–Crippen LogP) is 2.84. The van der Waals surface area contributed by atoms with Crippen molar-refractivity contribution < 1.29 is 0 Å². The third-order valence-electron chi connectivity index (χ3n) is 4.69. The predicted molar refractivity (Wildman–Crippen MR) is 76.1 cm³/mol. The second-order valence-electron chi connectivity index (χ2n) is 5.92. The van der Waals surface area contributed by atoms with Gasteiger partial charge in [-0.05, 0) is 51.6 Å². The average molecular weight is 286 g/mol. The third-order valence-corrected chi connectivity index (χ3v) is 5.97. The van der Waals surface area contributed by atoms with Gasteiger partial charge in [0.05, 0.1) is 5.69 Å². The molecule has 1 fully saturated rings. The second kappa shape index (κ2) is 4.44. The number of rotatable bonds is 1. The van der Waals surface area contributed by atoms with E-state index in [9.17, 15) is 0 Å². The minimum Gasteiger partial charge on any atom is -0.323 e. The van der Waals surface area contributed by atoms with E-state index in [1.807, 2.05) is 0 Å². The molecule has 0 saturated carbocycles. The van der Waals surface area contributed by atoms with E-state index in [4.69, 9.17) is 17.3 Å². The fourth-order valence-electron chi connectivity index (χ4n) is 3.40. The normalized spacial score (nSPS) is 27.1. The zero-order valence-electron chi connectivity index (χ0n) is 10.9. The molecule has 2 aliphatic rings. The highest BCUT2D eigenvalue weighted by molar-refractivity contribution is 7.16. The largest absolute Gasteiger partial charge is 0.323 e. The fourth-order valence-corrected chi connectivity index (χ4v) is 4.70. The van der Waals surface area contributed by atoms with Gasteiger partial charge in [-0.2, -0.15) is 0 Å². The molecule has 18 heavy (non-hydrogen) atoms. The van der Waals surface area contributed by atoms with Gasteiger partial charge < -0.3 is 10.6 Å². The molecule has 1 aromatic heterocycles. The van der Waals surface area contributed by atoms with Crippen molar-refractivity contribution in [1.82, 2.24) is 9.88 Å². The number of thiazole rings is 1. The number of likely N-dealkylation sites (tertiary alicyclic amines) is 1. The molecule has 1 aromatic rings. The minimum atomic E-state index is 0.145. The number of fused-ring (bicyclic) bond motifs is 1. The van der Waals surface area contributed by atoms with Crippen molar-refractivity contribution >= 4 is 22.9 Å². The van der Waals surface area contributed by atoms with Crippen molar-refractivity contribution in [3.8, 4) is 0 Å². The Kier molecular flexibility index (Phi) is 3.17. The Labute approximate surface area is 117 Å². The smallest absolute Gasteiger partial charge is 0.184 e. The van der Waals surface area contributed by atoms with Crippen molar-refractivity contribution in [3.63, 3.8) is 0 Å². The van der Waals surface area contributed by atoms with Gasteiger partial charge in [0, 0.05) is 17.0 Å². The summed E-state index contributed by atoms with van der Waals surface area (Å²) in [6, 6.07) is 0.786. The van der Waals surface area contributed by atoms with E-state index in [0.29, 0.717) is 10.5 Å². The van der Waals surface area contributed by atoms with Gasteiger partial charge in [0.25, 0.3) is 0 Å². The summed E-state index contributed by atoms with van der Waals surface area (Å²) in [5, 5.41) is 0. The maximum atomic E-state index is 6.48. The van der Waals surface area contributed by atoms with Crippen molar-refractivity contribution in [2.24, 2.45) is 11.1 Å². The van der Waals surface area contributed by atoms with Crippen LogP contribution in [0.2, 0.25) is 4.47 Å². The van der Waals surface area contributed by atoms with E-state index in [-0.39, 0.29) is 11.5 Å². The highest BCUT2D eigenvalue weighted by Crippen LogP contribution is 2.52. The average Bonchev–Trinajstić information content (AvgIpc) is 2.78. The Morgan fingerprint density at radius 3 is 2.67 bits per heavy atom. The molecule has 1 aliphatic heterocycles. The van der Waals surface area contributed by atoms with Crippen LogP contribution in [0, 0.1) is 5.41 Å². The molecule has 0 radical (unpaired) electrons. The summed E-state index contributed by atoms with van der Waals surface area (Å²) in [7, 11) is 0. The van der Waals surface area contributed by atoms with Crippen LogP contribution >= 0.6 is 22.9 Å². The fraction of sp³-hybridized carbons (Fsp3) is 0.769. The van der Waals surface area contributed by atoms with Gasteiger partial charge in [-0.25, -0.2) is 4.98 Å². The zero-order chi connectivity index (χ0) is 12.9. The molecule has 1 atom stereocenters. The topological polar surface area (TPSA) is 42.2 Å². The number of nitrogens with two attached hydrogens (primary N) is 1. The lowest BCUT2D eigenvalue weighted by molar-refractivity contribution is 0.0711. The standard InChI is InChI=1S/C13H20ClN3S/c1-8(2)17-5-3-13(4-6-17)7-9-10(11(13)15)18-12(14)16-9/h8,11H,3-7,15H2,1-2H3/t11-/m1/s1. The van der Waals surface area contributed by atoms with Crippen molar-refractivity contribution in [2.75, 3.05) is 13.1 Å². The molecule has 1 aliphatic carbocycles. The van der Waals surface area contributed by atoms with Gasteiger partial charge in [0.1, 0.15) is 0 Å². The third kappa shape index (κ3) is 1.90. The lowest BCUT2D eigenvalue weighted by Crippen LogP contribution is -2.46. The summed E-state index contributed by atoms with van der Waals surface area (Å²) in [6.07, 6.45) is 3.40. The maximum absolute atomic E-state index is 6.48. The summed E-state index contributed by atoms with van der Waals surface area (Å²) in [6.45, 7) is 6.86. The van der Waals surface area contributed by atoms with E-state index >= 15 is 0 Å². The number of aromatic nitrogens is 1. The van der Waals surface area contributed by atoms with Gasteiger partial charge >= 0.3 is 0 Å². The van der Waals surface area contributed by atoms with Crippen LogP contribution in [0.25, 0.3) is 0 Å². The summed E-state index contributed by atoms with van der Waals surface area (Å²) in [4.78, 5) is 8.22. The van der Waals surface area contributed by atoms with Gasteiger partial charge in [0.2, 0.25) is 0 Å². The van der Waals surface area contributed by atoms with Gasteiger partial charge in [-0.1, -0.05) is 11.6 Å². The molecule has 1 spiro atoms. The van der Waals surface area contributed by atoms with Crippen LogP contribution in [0.15, 0.2) is 0 Å². The van der Waals surface area contributed by atoms with Gasteiger partial charge in [-0.3, -0.25) is 0 Å². The van der Waals surface area contributed by atoms with E-state index in [1.165, 1.54) is 17.7 Å². The molecule has 3 rings (SSSR count). The zero-order valence-corrected chi connectivity index (χ0v) is 12.5. The van der Waals surface area contributed by atoms with Crippen LogP contribution in [-0.4, -0.2) is 29.0 Å². The summed E-state index contributed by atoms with van der Waals surface area (Å²) < 4.78 is 0.643. The first-order valence-electron chi connectivity index (χ1n) is 6.66. The minimum absolute atomic E-state index is 0.145. The summed E-state index contributed by atoms with van der Waals surface area (Å²) in [5.74, 6) is 0. The molecule has 0 unspecified atom stereocenters. The van der Waals surface area contributed by atoms with E-state index < -0.39 is 0 Å². The lowest BCUT2D eigenvalue weighted by Gasteiger charge is -2.43. The molecule has 2 heterocycles. The molecular weight excluding hydrogens is 266 g/mol. The molecule has 0 bridgehead atoms. The van der Waals surface area contributed by atoms with E-state index in [1.54, 1.807) is 11.3 Å². The van der Waals surface area contributed by atoms with Crippen molar-refractivity contribution in [3.05, 3.63) is 15.0 Å². The highest BCUT2D eigenvalue weighted by atomic mass is 35.5. The van der Waals surface area contributed by atoms with Gasteiger partial charge in [-0.15, -0.1) is 11.3 Å². The van der Waals surface area contributed by atoms with Crippen molar-refractivity contribution in [2.45, 2.75) is 45.2 Å². The first-order chi connectivity index (χ1) is 8.52. The lowest BCUT2D eigenvalue weighted by atomic mass is 9.73. The summed E-state index contributed by atoms with van der Waals surface area (Å²) >= 11 is 7.55. The van der Waals surface area contributed by atoms with Crippen LogP contribution < -0.4 is 5.73 Å². The Morgan fingerprint density at radius 2 is 2.11 bits per heavy atom. The number of nitrogens with zero attached hydrogens (tertiary/aromatic N) is 2. The summed E-state index contributed by atoms with van der Waals surface area (Å²) in [5.41, 5.74) is 7.90. The molecule has 2 N–H and O–H groups in total. The molecular formula is C13H20ClN3S. The molecule has 100 valence electrons. The molecule has 3 nitrogen and oxygen atoms in total. The van der Waals surface area contributed by atoms with E-state index in [2.05, 4.69) is 23.7 Å². The van der Waals surface area contributed by atoms with Crippen LogP contribution in [0.5, 0.6) is 0 Å². The van der Waals surface area contributed by atoms with Gasteiger partial charge in [0.15, 0.2) is 4.47 Å². The molecule has 5 heteroatoms. The van der Waals surface area contributed by atoms with Crippen molar-refractivity contribution in [1.29, 1.82) is 0 Å². The Balaban J connectivity index is 1.78. The number of hydrogen-bond donors (Lipinski definition) is 1. The number of hydrogen-bond acceptors (Lipinski definition) is 4. The Bertz CT molecular complexity index is 449. The quantitative estimate of drug-likeness (QED) is 0.863.